The summed E-state index contributed by atoms with van der Waals surface area (Å²) < 4.78 is 23.4. The number of hydrogen-bond donors (Lipinski definition) is 1. The Labute approximate surface area is 147 Å². The first-order valence-corrected chi connectivity index (χ1v) is 7.97. The first kappa shape index (κ1) is 18.3. The lowest BCUT2D eigenvalue weighted by Crippen LogP contribution is -2.27. The summed E-state index contributed by atoms with van der Waals surface area (Å²) in [4.78, 5) is 11.8. The lowest BCUT2D eigenvalue weighted by atomic mass is 10.1. The van der Waals surface area contributed by atoms with E-state index in [0.717, 1.165) is 17.7 Å². The molecule has 5 heteroatoms. The first-order chi connectivity index (χ1) is 12.2. The van der Waals surface area contributed by atoms with Gasteiger partial charge < -0.3 is 14.8 Å². The molecule has 0 aliphatic rings. The van der Waals surface area contributed by atoms with E-state index >= 15 is 0 Å². The molecule has 2 aromatic rings. The Morgan fingerprint density at radius 1 is 1.04 bits per heavy atom. The maximum Gasteiger partial charge on any atom is 0.223 e. The maximum atomic E-state index is 12.8. The number of rotatable bonds is 9. The molecule has 0 saturated heterocycles. The normalized spacial score (nSPS) is 9.92. The van der Waals surface area contributed by atoms with Crippen molar-refractivity contribution < 1.29 is 18.7 Å². The number of halogens is 1. The first-order valence-electron chi connectivity index (χ1n) is 7.97. The molecule has 0 heterocycles. The summed E-state index contributed by atoms with van der Waals surface area (Å²) in [5.41, 5.74) is 1.09. The molecule has 4 nitrogen and oxygen atoms in total. The van der Waals surface area contributed by atoms with Crippen LogP contribution >= 0.6 is 0 Å². The summed E-state index contributed by atoms with van der Waals surface area (Å²) in [5, 5.41) is 2.84. The number of benzene rings is 2. The SMILES string of the molecule is C#CCOc1ccc(CCNC(=O)CCOc2ccc(F)cc2)cc1. The molecule has 0 spiro atoms. The molecule has 1 amide bonds. The molecular formula is C20H20FNO3. The fourth-order valence-corrected chi connectivity index (χ4v) is 2.10. The van der Waals surface area contributed by atoms with E-state index in [0.29, 0.717) is 12.3 Å². The number of carbonyl (C=O) groups is 1. The van der Waals surface area contributed by atoms with Crippen molar-refractivity contribution >= 4 is 5.91 Å². The number of ether oxygens (including phenoxy) is 2. The van der Waals surface area contributed by atoms with E-state index in [-0.39, 0.29) is 31.4 Å². The number of carbonyl (C=O) groups excluding carboxylic acids is 1. The van der Waals surface area contributed by atoms with Gasteiger partial charge >= 0.3 is 0 Å². The molecule has 0 atom stereocenters. The molecule has 2 rings (SSSR count). The van der Waals surface area contributed by atoms with Crippen molar-refractivity contribution in [2.24, 2.45) is 0 Å². The van der Waals surface area contributed by atoms with Gasteiger partial charge in [-0.15, -0.1) is 6.42 Å². The van der Waals surface area contributed by atoms with Crippen LogP contribution in [-0.2, 0) is 11.2 Å². The van der Waals surface area contributed by atoms with E-state index in [1.165, 1.54) is 24.3 Å². The average molecular weight is 341 g/mol. The lowest BCUT2D eigenvalue weighted by Gasteiger charge is -2.08. The Balaban J connectivity index is 1.61. The van der Waals surface area contributed by atoms with Crippen LogP contribution in [0.3, 0.4) is 0 Å². The van der Waals surface area contributed by atoms with Crippen LogP contribution in [0, 0.1) is 18.2 Å². The van der Waals surface area contributed by atoms with Crippen LogP contribution < -0.4 is 14.8 Å². The monoisotopic (exact) mass is 341 g/mol. The third-order valence-electron chi connectivity index (χ3n) is 3.39. The van der Waals surface area contributed by atoms with Gasteiger partial charge in [0.05, 0.1) is 13.0 Å². The molecule has 130 valence electrons. The second kappa shape index (κ2) is 9.99. The van der Waals surface area contributed by atoms with Crippen LogP contribution in [-0.4, -0.2) is 25.7 Å². The van der Waals surface area contributed by atoms with Crippen LogP contribution in [0.1, 0.15) is 12.0 Å². The smallest absolute Gasteiger partial charge is 0.223 e. The highest BCUT2D eigenvalue weighted by molar-refractivity contribution is 5.75. The van der Waals surface area contributed by atoms with Crippen molar-refractivity contribution in [3.8, 4) is 23.8 Å². The predicted molar refractivity (Wildman–Crippen MR) is 94.0 cm³/mol. The van der Waals surface area contributed by atoms with Crippen LogP contribution in [0.5, 0.6) is 11.5 Å². The van der Waals surface area contributed by atoms with Gasteiger partial charge in [-0.1, -0.05) is 18.1 Å². The maximum absolute atomic E-state index is 12.8. The molecule has 2 aromatic carbocycles. The number of hydrogen-bond acceptors (Lipinski definition) is 3. The predicted octanol–water partition coefficient (Wildman–Crippen LogP) is 2.97. The second-order valence-electron chi connectivity index (χ2n) is 5.29. The van der Waals surface area contributed by atoms with Crippen molar-refractivity contribution in [1.82, 2.24) is 5.32 Å². The minimum atomic E-state index is -0.319. The summed E-state index contributed by atoms with van der Waals surface area (Å²) >= 11 is 0. The van der Waals surface area contributed by atoms with Gasteiger partial charge in [-0.25, -0.2) is 4.39 Å². The minimum absolute atomic E-state index is 0.0870. The third-order valence-corrected chi connectivity index (χ3v) is 3.39. The summed E-state index contributed by atoms with van der Waals surface area (Å²) in [5.74, 6) is 3.27. The average Bonchev–Trinajstić information content (AvgIpc) is 2.63. The Morgan fingerprint density at radius 2 is 1.68 bits per heavy atom. The van der Waals surface area contributed by atoms with Crippen molar-refractivity contribution in [2.75, 3.05) is 19.8 Å². The van der Waals surface area contributed by atoms with Crippen molar-refractivity contribution in [1.29, 1.82) is 0 Å². The summed E-state index contributed by atoms with van der Waals surface area (Å²) in [7, 11) is 0. The van der Waals surface area contributed by atoms with E-state index in [9.17, 15) is 9.18 Å². The van der Waals surface area contributed by atoms with Crippen LogP contribution in [0.2, 0.25) is 0 Å². The molecule has 25 heavy (non-hydrogen) atoms. The summed E-state index contributed by atoms with van der Waals surface area (Å²) in [6.45, 7) is 1.04. The Bertz CT molecular complexity index is 705. The van der Waals surface area contributed by atoms with Gasteiger partial charge in [0.15, 0.2) is 0 Å². The van der Waals surface area contributed by atoms with Gasteiger partial charge in [-0.05, 0) is 48.4 Å². The largest absolute Gasteiger partial charge is 0.493 e. The van der Waals surface area contributed by atoms with Crippen molar-refractivity contribution in [2.45, 2.75) is 12.8 Å². The third kappa shape index (κ3) is 6.96. The number of nitrogens with one attached hydrogen (secondary N) is 1. The Morgan fingerprint density at radius 3 is 2.36 bits per heavy atom. The van der Waals surface area contributed by atoms with Crippen molar-refractivity contribution in [3.63, 3.8) is 0 Å². The zero-order chi connectivity index (χ0) is 17.9. The van der Waals surface area contributed by atoms with Gasteiger partial charge in [0.2, 0.25) is 5.91 Å². The zero-order valence-corrected chi connectivity index (χ0v) is 13.8. The van der Waals surface area contributed by atoms with Gasteiger partial charge in [0, 0.05) is 6.54 Å². The molecular weight excluding hydrogens is 321 g/mol. The standard InChI is InChI=1S/C20H20FNO3/c1-2-14-24-18-7-3-16(4-8-18)11-13-22-20(23)12-15-25-19-9-5-17(21)6-10-19/h1,3-10H,11-15H2,(H,22,23). The summed E-state index contributed by atoms with van der Waals surface area (Å²) in [6.07, 6.45) is 6.10. The van der Waals surface area contributed by atoms with Crippen molar-refractivity contribution in [3.05, 3.63) is 59.9 Å². The second-order valence-corrected chi connectivity index (χ2v) is 5.29. The highest BCUT2D eigenvalue weighted by atomic mass is 19.1. The highest BCUT2D eigenvalue weighted by Crippen LogP contribution is 2.12. The molecule has 0 aliphatic heterocycles. The summed E-state index contributed by atoms with van der Waals surface area (Å²) in [6, 6.07) is 13.3. The molecule has 0 aliphatic carbocycles. The van der Waals surface area contributed by atoms with E-state index in [2.05, 4.69) is 11.2 Å². The molecule has 1 N–H and O–H groups in total. The highest BCUT2D eigenvalue weighted by Gasteiger charge is 2.03. The minimum Gasteiger partial charge on any atom is -0.493 e. The van der Waals surface area contributed by atoms with Gasteiger partial charge in [-0.3, -0.25) is 4.79 Å². The molecule has 0 aromatic heterocycles. The topological polar surface area (TPSA) is 47.6 Å². The molecule has 0 saturated carbocycles. The molecule has 0 fully saturated rings. The molecule has 0 bridgehead atoms. The van der Waals surface area contributed by atoms with E-state index in [1.54, 1.807) is 0 Å². The number of amides is 1. The van der Waals surface area contributed by atoms with Crippen LogP contribution in [0.15, 0.2) is 48.5 Å². The van der Waals surface area contributed by atoms with E-state index in [4.69, 9.17) is 15.9 Å². The zero-order valence-electron chi connectivity index (χ0n) is 13.8. The Kier molecular flexibility index (Phi) is 7.33. The van der Waals surface area contributed by atoms with Gasteiger partial charge in [0.1, 0.15) is 23.9 Å². The fourth-order valence-electron chi connectivity index (χ4n) is 2.10. The van der Waals surface area contributed by atoms with E-state index < -0.39 is 0 Å². The lowest BCUT2D eigenvalue weighted by molar-refractivity contribution is -0.121. The Hall–Kier alpha value is -3.00. The van der Waals surface area contributed by atoms with Crippen LogP contribution in [0.25, 0.3) is 0 Å². The quantitative estimate of drug-likeness (QED) is 0.714. The van der Waals surface area contributed by atoms with E-state index in [1.807, 2.05) is 24.3 Å². The molecule has 0 radical (unpaired) electrons. The van der Waals surface area contributed by atoms with Gasteiger partial charge in [-0.2, -0.15) is 0 Å². The van der Waals surface area contributed by atoms with Crippen LogP contribution in [0.4, 0.5) is 4.39 Å². The number of terminal acetylenes is 1. The van der Waals surface area contributed by atoms with Gasteiger partial charge in [0.25, 0.3) is 0 Å². The molecule has 0 unspecified atom stereocenters. The fraction of sp³-hybridized carbons (Fsp3) is 0.250.